The van der Waals surface area contributed by atoms with E-state index in [0.717, 1.165) is 6.26 Å². The molecule has 0 fully saturated rings. The molecule has 0 aliphatic heterocycles. The second-order valence-corrected chi connectivity index (χ2v) is 6.42. The highest BCUT2D eigenvalue weighted by molar-refractivity contribution is 7.90. The summed E-state index contributed by atoms with van der Waals surface area (Å²) >= 11 is 0. The van der Waals surface area contributed by atoms with Crippen molar-refractivity contribution in [3.05, 3.63) is 36.1 Å². The molecule has 0 spiro atoms. The van der Waals surface area contributed by atoms with Gasteiger partial charge in [0.2, 0.25) is 0 Å². The minimum atomic E-state index is -3.31. The zero-order valence-corrected chi connectivity index (χ0v) is 12.3. The summed E-state index contributed by atoms with van der Waals surface area (Å²) in [6.45, 7) is 1.44. The van der Waals surface area contributed by atoms with Crippen LogP contribution < -0.4 is 10.1 Å². The Labute approximate surface area is 121 Å². The van der Waals surface area contributed by atoms with Crippen LogP contribution in [0.5, 0.6) is 5.75 Å². The Bertz CT molecular complexity index is 751. The van der Waals surface area contributed by atoms with E-state index in [1.807, 2.05) is 0 Å². The normalized spacial score (nSPS) is 11.1. The van der Waals surface area contributed by atoms with E-state index in [2.05, 4.69) is 10.5 Å². The summed E-state index contributed by atoms with van der Waals surface area (Å²) in [6, 6.07) is 7.51. The molecule has 0 saturated heterocycles. The maximum absolute atomic E-state index is 11.6. The van der Waals surface area contributed by atoms with Crippen LogP contribution in [0.3, 0.4) is 0 Å². The minimum absolute atomic E-state index is 0.132. The van der Waals surface area contributed by atoms with E-state index in [4.69, 9.17) is 9.26 Å². The Balaban J connectivity index is 1.95. The van der Waals surface area contributed by atoms with Crippen LogP contribution in [0.25, 0.3) is 0 Å². The number of benzene rings is 1. The van der Waals surface area contributed by atoms with Crippen LogP contribution in [0, 0.1) is 6.92 Å². The van der Waals surface area contributed by atoms with Crippen molar-refractivity contribution < 1.29 is 22.5 Å². The Kier molecular flexibility index (Phi) is 4.27. The predicted octanol–water partition coefficient (Wildman–Crippen LogP) is 1.40. The van der Waals surface area contributed by atoms with Crippen LogP contribution in [0.15, 0.2) is 39.8 Å². The summed E-state index contributed by atoms with van der Waals surface area (Å²) < 4.78 is 32.9. The number of nitrogens with zero attached hydrogens (tertiary/aromatic N) is 1. The molecule has 0 unspecified atom stereocenters. The van der Waals surface area contributed by atoms with E-state index in [0.29, 0.717) is 17.3 Å². The van der Waals surface area contributed by atoms with Gasteiger partial charge in [0.15, 0.2) is 22.3 Å². The Morgan fingerprint density at radius 2 is 2.14 bits per heavy atom. The number of aromatic nitrogens is 1. The van der Waals surface area contributed by atoms with Gasteiger partial charge in [0.05, 0.1) is 4.90 Å². The lowest BCUT2D eigenvalue weighted by Crippen LogP contribution is -2.20. The molecule has 2 rings (SSSR count). The highest BCUT2D eigenvalue weighted by atomic mass is 32.2. The summed E-state index contributed by atoms with van der Waals surface area (Å²) in [5, 5.41) is 6.11. The fourth-order valence-electron chi connectivity index (χ4n) is 1.55. The minimum Gasteiger partial charge on any atom is -0.484 e. The second-order valence-electron chi connectivity index (χ2n) is 4.41. The van der Waals surface area contributed by atoms with E-state index in [1.54, 1.807) is 25.1 Å². The van der Waals surface area contributed by atoms with Gasteiger partial charge in [-0.25, -0.2) is 8.42 Å². The average molecular weight is 310 g/mol. The molecule has 0 atom stereocenters. The first kappa shape index (κ1) is 15.0. The van der Waals surface area contributed by atoms with Gasteiger partial charge in [-0.2, -0.15) is 0 Å². The predicted molar refractivity (Wildman–Crippen MR) is 74.9 cm³/mol. The van der Waals surface area contributed by atoms with Crippen molar-refractivity contribution in [1.29, 1.82) is 0 Å². The number of hydrogen-bond donors (Lipinski definition) is 1. The topological polar surface area (TPSA) is 98.5 Å². The first-order valence-corrected chi connectivity index (χ1v) is 7.90. The molecule has 0 bridgehead atoms. The lowest BCUT2D eigenvalue weighted by Gasteiger charge is -2.07. The van der Waals surface area contributed by atoms with Gasteiger partial charge in [-0.15, -0.1) is 0 Å². The fraction of sp³-hybridized carbons (Fsp3) is 0.231. The zero-order valence-electron chi connectivity index (χ0n) is 11.5. The van der Waals surface area contributed by atoms with Crippen LogP contribution >= 0.6 is 0 Å². The average Bonchev–Trinajstić information content (AvgIpc) is 2.81. The molecule has 1 aromatic heterocycles. The number of rotatable bonds is 5. The Morgan fingerprint density at radius 1 is 1.38 bits per heavy atom. The third-order valence-electron chi connectivity index (χ3n) is 2.50. The van der Waals surface area contributed by atoms with Crippen molar-refractivity contribution in [3.8, 4) is 5.75 Å². The molecule has 1 aromatic carbocycles. The lowest BCUT2D eigenvalue weighted by molar-refractivity contribution is -0.118. The molecule has 8 heteroatoms. The molecule has 7 nitrogen and oxygen atoms in total. The van der Waals surface area contributed by atoms with E-state index in [1.165, 1.54) is 12.1 Å². The van der Waals surface area contributed by atoms with Gasteiger partial charge >= 0.3 is 0 Å². The van der Waals surface area contributed by atoms with Crippen LogP contribution in [-0.4, -0.2) is 32.3 Å². The van der Waals surface area contributed by atoms with Gasteiger partial charge in [0.25, 0.3) is 5.91 Å². The molecule has 2 aromatic rings. The number of anilines is 1. The standard InChI is InChI=1S/C13H14N2O5S/c1-9-6-12(15-20-9)14-13(16)8-19-10-4-3-5-11(7-10)21(2,17)18/h3-7H,8H2,1-2H3,(H,14,15,16). The summed E-state index contributed by atoms with van der Waals surface area (Å²) in [4.78, 5) is 11.8. The largest absolute Gasteiger partial charge is 0.484 e. The van der Waals surface area contributed by atoms with E-state index in [-0.39, 0.29) is 11.5 Å². The molecule has 1 amide bonds. The van der Waals surface area contributed by atoms with E-state index >= 15 is 0 Å². The third-order valence-corrected chi connectivity index (χ3v) is 3.61. The Morgan fingerprint density at radius 3 is 2.76 bits per heavy atom. The molecular weight excluding hydrogens is 296 g/mol. The summed E-state index contributed by atoms with van der Waals surface area (Å²) in [7, 11) is -3.31. The molecule has 0 aliphatic carbocycles. The van der Waals surface area contributed by atoms with Crippen molar-refractivity contribution in [2.24, 2.45) is 0 Å². The molecule has 0 saturated carbocycles. The van der Waals surface area contributed by atoms with Gasteiger partial charge in [-0.3, -0.25) is 4.79 Å². The molecule has 1 N–H and O–H groups in total. The highest BCUT2D eigenvalue weighted by Crippen LogP contribution is 2.17. The number of hydrogen-bond acceptors (Lipinski definition) is 6. The molecule has 112 valence electrons. The monoisotopic (exact) mass is 310 g/mol. The first-order valence-electron chi connectivity index (χ1n) is 6.01. The maximum Gasteiger partial charge on any atom is 0.263 e. The number of carbonyl (C=O) groups excluding carboxylic acids is 1. The van der Waals surface area contributed by atoms with Crippen molar-refractivity contribution in [2.45, 2.75) is 11.8 Å². The summed E-state index contributed by atoms with van der Waals surface area (Å²) in [6.07, 6.45) is 1.10. The maximum atomic E-state index is 11.6. The highest BCUT2D eigenvalue weighted by Gasteiger charge is 2.10. The molecule has 1 heterocycles. The van der Waals surface area contributed by atoms with Gasteiger partial charge in [-0.05, 0) is 25.1 Å². The number of carbonyl (C=O) groups is 1. The van der Waals surface area contributed by atoms with Gasteiger partial charge in [0, 0.05) is 12.3 Å². The van der Waals surface area contributed by atoms with Crippen LogP contribution in [0.4, 0.5) is 5.82 Å². The van der Waals surface area contributed by atoms with Crippen molar-refractivity contribution in [1.82, 2.24) is 5.16 Å². The first-order chi connectivity index (χ1) is 9.84. The molecule has 0 radical (unpaired) electrons. The summed E-state index contributed by atoms with van der Waals surface area (Å²) in [5.74, 6) is 0.746. The number of ether oxygens (including phenoxy) is 1. The smallest absolute Gasteiger partial charge is 0.263 e. The zero-order chi connectivity index (χ0) is 15.5. The summed E-state index contributed by atoms with van der Waals surface area (Å²) in [5.41, 5.74) is 0. The van der Waals surface area contributed by atoms with Crippen molar-refractivity contribution >= 4 is 21.6 Å². The van der Waals surface area contributed by atoms with E-state index < -0.39 is 15.7 Å². The fourth-order valence-corrected chi connectivity index (χ4v) is 2.20. The van der Waals surface area contributed by atoms with Gasteiger partial charge in [-0.1, -0.05) is 11.2 Å². The number of aryl methyl sites for hydroxylation is 1. The number of amides is 1. The van der Waals surface area contributed by atoms with Crippen LogP contribution in [-0.2, 0) is 14.6 Å². The molecule has 21 heavy (non-hydrogen) atoms. The third kappa shape index (κ3) is 4.32. The van der Waals surface area contributed by atoms with E-state index in [9.17, 15) is 13.2 Å². The van der Waals surface area contributed by atoms with Crippen molar-refractivity contribution in [3.63, 3.8) is 0 Å². The molecular formula is C13H14N2O5S. The Hall–Kier alpha value is -2.35. The quantitative estimate of drug-likeness (QED) is 0.896. The number of sulfone groups is 1. The molecule has 0 aliphatic rings. The van der Waals surface area contributed by atoms with Crippen LogP contribution in [0.2, 0.25) is 0 Å². The van der Waals surface area contributed by atoms with Gasteiger partial charge in [0.1, 0.15) is 11.5 Å². The lowest BCUT2D eigenvalue weighted by atomic mass is 10.3. The van der Waals surface area contributed by atoms with Crippen molar-refractivity contribution in [2.75, 3.05) is 18.2 Å². The second kappa shape index (κ2) is 5.96. The van der Waals surface area contributed by atoms with Gasteiger partial charge < -0.3 is 14.6 Å². The van der Waals surface area contributed by atoms with Crippen LogP contribution in [0.1, 0.15) is 5.76 Å². The SMILES string of the molecule is Cc1cc(NC(=O)COc2cccc(S(C)(=O)=O)c2)no1. The number of nitrogens with one attached hydrogen (secondary N) is 1.